The Bertz CT molecular complexity index is 1020. The van der Waals surface area contributed by atoms with Gasteiger partial charge in [-0.15, -0.1) is 0 Å². The second kappa shape index (κ2) is 9.03. The second-order valence-electron chi connectivity index (χ2n) is 6.09. The van der Waals surface area contributed by atoms with Gasteiger partial charge in [0.05, 0.1) is 24.2 Å². The average Bonchev–Trinajstić information content (AvgIpc) is 2.71. The zero-order chi connectivity index (χ0) is 19.9. The highest BCUT2D eigenvalue weighted by molar-refractivity contribution is 6.31. The predicted octanol–water partition coefficient (Wildman–Crippen LogP) is 5.19. The SMILES string of the molecule is N#C[C@H](c1ccccc1)c1ccc(NCC(=O)Nc2ccccc2F)cc1Cl. The molecule has 0 saturated heterocycles. The molecular weight excluding hydrogens is 377 g/mol. The first kappa shape index (κ1) is 19.4. The van der Waals surface area contributed by atoms with Crippen LogP contribution >= 0.6 is 11.6 Å². The first-order valence-electron chi connectivity index (χ1n) is 8.60. The van der Waals surface area contributed by atoms with Crippen LogP contribution in [0.15, 0.2) is 72.8 Å². The highest BCUT2D eigenvalue weighted by atomic mass is 35.5. The fourth-order valence-electron chi connectivity index (χ4n) is 2.78. The Balaban J connectivity index is 1.66. The third-order valence-corrected chi connectivity index (χ3v) is 4.50. The smallest absolute Gasteiger partial charge is 0.243 e. The van der Waals surface area contributed by atoms with Crippen molar-refractivity contribution in [2.45, 2.75) is 5.92 Å². The van der Waals surface area contributed by atoms with E-state index in [9.17, 15) is 14.4 Å². The van der Waals surface area contributed by atoms with Crippen LogP contribution in [0.1, 0.15) is 17.0 Å². The number of carbonyl (C=O) groups excluding carboxylic acids is 1. The molecule has 140 valence electrons. The number of nitrogens with one attached hydrogen (secondary N) is 2. The van der Waals surface area contributed by atoms with Crippen LogP contribution in [-0.2, 0) is 4.79 Å². The number of amides is 1. The molecule has 3 aromatic rings. The number of carbonyl (C=O) groups is 1. The predicted molar refractivity (Wildman–Crippen MR) is 109 cm³/mol. The lowest BCUT2D eigenvalue weighted by atomic mass is 9.92. The van der Waals surface area contributed by atoms with Gasteiger partial charge in [0.25, 0.3) is 0 Å². The summed E-state index contributed by atoms with van der Waals surface area (Å²) in [4.78, 5) is 12.0. The van der Waals surface area contributed by atoms with Gasteiger partial charge in [0.2, 0.25) is 5.91 Å². The Morgan fingerprint density at radius 2 is 1.79 bits per heavy atom. The Labute approximate surface area is 167 Å². The van der Waals surface area contributed by atoms with Gasteiger partial charge in [0.15, 0.2) is 0 Å². The number of anilines is 2. The molecule has 0 fully saturated rings. The van der Waals surface area contributed by atoms with E-state index in [0.29, 0.717) is 16.3 Å². The number of nitrogens with zero attached hydrogens (tertiary/aromatic N) is 1. The van der Waals surface area contributed by atoms with Crippen LogP contribution in [0.4, 0.5) is 15.8 Å². The van der Waals surface area contributed by atoms with Crippen molar-refractivity contribution in [3.63, 3.8) is 0 Å². The summed E-state index contributed by atoms with van der Waals surface area (Å²) >= 11 is 6.38. The van der Waals surface area contributed by atoms with Gasteiger partial charge in [-0.1, -0.05) is 60.1 Å². The normalized spacial score (nSPS) is 11.3. The lowest BCUT2D eigenvalue weighted by Crippen LogP contribution is -2.22. The summed E-state index contributed by atoms with van der Waals surface area (Å²) in [5.74, 6) is -1.36. The topological polar surface area (TPSA) is 64.9 Å². The molecule has 3 rings (SSSR count). The maximum absolute atomic E-state index is 13.6. The first-order chi connectivity index (χ1) is 13.6. The molecule has 0 saturated carbocycles. The summed E-state index contributed by atoms with van der Waals surface area (Å²) in [7, 11) is 0. The highest BCUT2D eigenvalue weighted by Crippen LogP contribution is 2.31. The largest absolute Gasteiger partial charge is 0.376 e. The van der Waals surface area contributed by atoms with Crippen molar-refractivity contribution < 1.29 is 9.18 Å². The highest BCUT2D eigenvalue weighted by Gasteiger charge is 2.17. The molecule has 0 spiro atoms. The molecular formula is C22H17ClFN3O. The summed E-state index contributed by atoms with van der Waals surface area (Å²) < 4.78 is 13.6. The van der Waals surface area contributed by atoms with Crippen molar-refractivity contribution >= 4 is 28.9 Å². The average molecular weight is 394 g/mol. The molecule has 0 radical (unpaired) electrons. The minimum Gasteiger partial charge on any atom is -0.376 e. The van der Waals surface area contributed by atoms with E-state index < -0.39 is 11.7 Å². The number of halogens is 2. The minimum absolute atomic E-state index is 0.0512. The van der Waals surface area contributed by atoms with Gasteiger partial charge in [-0.25, -0.2) is 4.39 Å². The zero-order valence-corrected chi connectivity index (χ0v) is 15.6. The van der Waals surface area contributed by atoms with Gasteiger partial charge < -0.3 is 10.6 Å². The van der Waals surface area contributed by atoms with Crippen LogP contribution in [0.3, 0.4) is 0 Å². The number of benzene rings is 3. The number of hydrogen-bond acceptors (Lipinski definition) is 3. The van der Waals surface area contributed by atoms with E-state index in [2.05, 4.69) is 16.7 Å². The van der Waals surface area contributed by atoms with Crippen LogP contribution in [0.5, 0.6) is 0 Å². The van der Waals surface area contributed by atoms with Crippen LogP contribution < -0.4 is 10.6 Å². The quantitative estimate of drug-likeness (QED) is 0.606. The number of nitriles is 1. The van der Waals surface area contributed by atoms with Crippen molar-refractivity contribution in [2.24, 2.45) is 0 Å². The standard InChI is InChI=1S/C22H17ClFN3O/c23-19-12-16(26-14-22(28)27-21-9-5-4-8-20(21)24)10-11-17(19)18(13-25)15-6-2-1-3-7-15/h1-12,18,26H,14H2,(H,27,28)/t18-/m1/s1. The fourth-order valence-corrected chi connectivity index (χ4v) is 3.07. The van der Waals surface area contributed by atoms with Crippen molar-refractivity contribution in [1.82, 2.24) is 0 Å². The Kier molecular flexibility index (Phi) is 6.25. The molecule has 3 aromatic carbocycles. The van der Waals surface area contributed by atoms with E-state index in [1.54, 1.807) is 30.3 Å². The van der Waals surface area contributed by atoms with Gasteiger partial charge >= 0.3 is 0 Å². The second-order valence-corrected chi connectivity index (χ2v) is 6.50. The van der Waals surface area contributed by atoms with E-state index >= 15 is 0 Å². The molecule has 1 atom stereocenters. The molecule has 0 unspecified atom stereocenters. The van der Waals surface area contributed by atoms with Crippen molar-refractivity contribution in [3.05, 3.63) is 94.8 Å². The Morgan fingerprint density at radius 3 is 2.46 bits per heavy atom. The molecule has 0 heterocycles. The summed E-state index contributed by atoms with van der Waals surface area (Å²) in [6, 6.07) is 22.8. The van der Waals surface area contributed by atoms with E-state index in [1.807, 2.05) is 30.3 Å². The van der Waals surface area contributed by atoms with Crippen LogP contribution in [-0.4, -0.2) is 12.5 Å². The van der Waals surface area contributed by atoms with Crippen LogP contribution in [0.2, 0.25) is 5.02 Å². The molecule has 2 N–H and O–H groups in total. The maximum Gasteiger partial charge on any atom is 0.243 e. The Morgan fingerprint density at radius 1 is 1.07 bits per heavy atom. The summed E-state index contributed by atoms with van der Waals surface area (Å²) in [5, 5.41) is 15.4. The van der Waals surface area contributed by atoms with Crippen LogP contribution in [0, 0.1) is 17.1 Å². The molecule has 0 bridgehead atoms. The molecule has 6 heteroatoms. The van der Waals surface area contributed by atoms with Gasteiger partial charge in [0, 0.05) is 10.7 Å². The molecule has 0 aliphatic heterocycles. The molecule has 4 nitrogen and oxygen atoms in total. The van der Waals surface area contributed by atoms with Crippen LogP contribution in [0.25, 0.3) is 0 Å². The number of rotatable bonds is 6. The summed E-state index contributed by atoms with van der Waals surface area (Å²) in [6.07, 6.45) is 0. The number of para-hydroxylation sites is 1. The molecule has 0 aliphatic carbocycles. The molecule has 0 aromatic heterocycles. The third-order valence-electron chi connectivity index (χ3n) is 4.17. The van der Waals surface area contributed by atoms with E-state index in [0.717, 1.165) is 5.56 Å². The lowest BCUT2D eigenvalue weighted by Gasteiger charge is -2.14. The molecule has 1 amide bonds. The van der Waals surface area contributed by atoms with Gasteiger partial charge in [-0.3, -0.25) is 4.79 Å². The summed E-state index contributed by atoms with van der Waals surface area (Å²) in [6.45, 7) is -0.0512. The van der Waals surface area contributed by atoms with Gasteiger partial charge in [0.1, 0.15) is 5.82 Å². The fraction of sp³-hybridized carbons (Fsp3) is 0.0909. The first-order valence-corrected chi connectivity index (χ1v) is 8.98. The lowest BCUT2D eigenvalue weighted by molar-refractivity contribution is -0.114. The summed E-state index contributed by atoms with van der Waals surface area (Å²) in [5.41, 5.74) is 2.30. The van der Waals surface area contributed by atoms with E-state index in [4.69, 9.17) is 11.6 Å². The number of hydrogen-bond donors (Lipinski definition) is 2. The zero-order valence-electron chi connectivity index (χ0n) is 14.8. The Hall–Kier alpha value is -3.36. The van der Waals surface area contributed by atoms with E-state index in [-0.39, 0.29) is 18.1 Å². The van der Waals surface area contributed by atoms with Crippen molar-refractivity contribution in [3.8, 4) is 6.07 Å². The molecule has 0 aliphatic rings. The van der Waals surface area contributed by atoms with Crippen molar-refractivity contribution in [2.75, 3.05) is 17.2 Å². The third kappa shape index (κ3) is 4.67. The monoisotopic (exact) mass is 393 g/mol. The molecule has 28 heavy (non-hydrogen) atoms. The van der Waals surface area contributed by atoms with Gasteiger partial charge in [-0.2, -0.15) is 5.26 Å². The van der Waals surface area contributed by atoms with E-state index in [1.165, 1.54) is 12.1 Å². The minimum atomic E-state index is -0.494. The maximum atomic E-state index is 13.6. The van der Waals surface area contributed by atoms with Gasteiger partial charge in [-0.05, 0) is 35.4 Å². The van der Waals surface area contributed by atoms with Crippen molar-refractivity contribution in [1.29, 1.82) is 5.26 Å².